The molecule has 0 radical (unpaired) electrons. The van der Waals surface area contributed by atoms with Crippen LogP contribution >= 0.6 is 11.6 Å². The number of nitrogens with one attached hydrogen (secondary N) is 1. The molecular weight excluding hydrogens is 374 g/mol. The normalized spacial score (nSPS) is 22.6. The molecular formula is C22H24ClN3O2. The lowest BCUT2D eigenvalue weighted by molar-refractivity contribution is -0.126. The summed E-state index contributed by atoms with van der Waals surface area (Å²) in [6.07, 6.45) is 1.19. The van der Waals surface area contributed by atoms with Gasteiger partial charge in [0.1, 0.15) is 0 Å². The van der Waals surface area contributed by atoms with Gasteiger partial charge in [0.25, 0.3) is 0 Å². The molecule has 2 saturated heterocycles. The number of nitrogens with zero attached hydrogens (tertiary/aromatic N) is 2. The van der Waals surface area contributed by atoms with Gasteiger partial charge < -0.3 is 10.2 Å². The lowest BCUT2D eigenvalue weighted by atomic mass is 10.1. The van der Waals surface area contributed by atoms with Gasteiger partial charge in [0, 0.05) is 49.4 Å². The smallest absolute Gasteiger partial charge is 0.227 e. The Morgan fingerprint density at radius 3 is 2.71 bits per heavy atom. The van der Waals surface area contributed by atoms with Gasteiger partial charge in [0.05, 0.1) is 5.92 Å². The van der Waals surface area contributed by atoms with Crippen molar-refractivity contribution in [2.24, 2.45) is 5.92 Å². The Bertz CT molecular complexity index is 858. The van der Waals surface area contributed by atoms with E-state index < -0.39 is 0 Å². The number of halogens is 1. The molecule has 0 spiro atoms. The van der Waals surface area contributed by atoms with Crippen LogP contribution in [0.2, 0.25) is 5.02 Å². The first kappa shape index (κ1) is 19.0. The molecule has 0 aromatic heterocycles. The Hall–Kier alpha value is -2.37. The average Bonchev–Trinajstić information content (AvgIpc) is 3.29. The van der Waals surface area contributed by atoms with Gasteiger partial charge in [-0.05, 0) is 30.2 Å². The monoisotopic (exact) mass is 397 g/mol. The molecule has 2 unspecified atom stereocenters. The van der Waals surface area contributed by atoms with Crippen LogP contribution in [0.3, 0.4) is 0 Å². The first-order valence-corrected chi connectivity index (χ1v) is 10.1. The molecule has 2 aliphatic heterocycles. The van der Waals surface area contributed by atoms with Crippen LogP contribution in [0.5, 0.6) is 0 Å². The van der Waals surface area contributed by atoms with E-state index in [4.69, 9.17) is 11.6 Å². The van der Waals surface area contributed by atoms with E-state index in [0.717, 1.165) is 31.7 Å². The topological polar surface area (TPSA) is 52.7 Å². The largest absolute Gasteiger partial charge is 0.352 e. The van der Waals surface area contributed by atoms with Gasteiger partial charge in [0.2, 0.25) is 11.8 Å². The van der Waals surface area contributed by atoms with Crippen molar-refractivity contribution in [3.63, 3.8) is 0 Å². The minimum Gasteiger partial charge on any atom is -0.352 e. The van der Waals surface area contributed by atoms with E-state index in [1.54, 1.807) is 17.0 Å². The Labute approximate surface area is 170 Å². The zero-order valence-corrected chi connectivity index (χ0v) is 16.4. The molecule has 6 heteroatoms. The molecule has 2 amide bonds. The van der Waals surface area contributed by atoms with Crippen molar-refractivity contribution < 1.29 is 9.59 Å². The van der Waals surface area contributed by atoms with Crippen molar-refractivity contribution in [3.8, 4) is 0 Å². The number of benzene rings is 2. The van der Waals surface area contributed by atoms with E-state index in [2.05, 4.69) is 22.3 Å². The van der Waals surface area contributed by atoms with E-state index in [1.165, 1.54) is 5.56 Å². The lowest BCUT2D eigenvalue weighted by Crippen LogP contribution is -2.41. The fraction of sp³-hybridized carbons (Fsp3) is 0.364. The molecule has 2 atom stereocenters. The third-order valence-corrected chi connectivity index (χ3v) is 5.72. The van der Waals surface area contributed by atoms with Crippen LogP contribution in [0.25, 0.3) is 0 Å². The number of carbonyl (C=O) groups excluding carboxylic acids is 2. The molecule has 1 N–H and O–H groups in total. The summed E-state index contributed by atoms with van der Waals surface area (Å²) in [7, 11) is 0. The van der Waals surface area contributed by atoms with Gasteiger partial charge in [-0.3, -0.25) is 14.5 Å². The van der Waals surface area contributed by atoms with Crippen LogP contribution in [0, 0.1) is 5.92 Å². The molecule has 2 aliphatic rings. The Morgan fingerprint density at radius 1 is 1.11 bits per heavy atom. The summed E-state index contributed by atoms with van der Waals surface area (Å²) < 4.78 is 0. The minimum atomic E-state index is -0.311. The number of likely N-dealkylation sites (tertiary alicyclic amines) is 1. The van der Waals surface area contributed by atoms with Crippen LogP contribution in [0.15, 0.2) is 54.6 Å². The van der Waals surface area contributed by atoms with Gasteiger partial charge in [-0.25, -0.2) is 0 Å². The zero-order chi connectivity index (χ0) is 19.5. The summed E-state index contributed by atoms with van der Waals surface area (Å²) in [5, 5.41) is 3.74. The molecule has 2 fully saturated rings. The molecule has 4 rings (SSSR count). The third kappa shape index (κ3) is 4.37. The van der Waals surface area contributed by atoms with Crippen molar-refractivity contribution >= 4 is 29.1 Å². The Kier molecular flexibility index (Phi) is 5.64. The maximum atomic E-state index is 12.7. The summed E-state index contributed by atoms with van der Waals surface area (Å²) in [5.74, 6) is -0.362. The van der Waals surface area contributed by atoms with Crippen LogP contribution in [-0.4, -0.2) is 42.4 Å². The quantitative estimate of drug-likeness (QED) is 0.843. The maximum absolute atomic E-state index is 12.7. The molecule has 0 aliphatic carbocycles. The highest BCUT2D eigenvalue weighted by atomic mass is 35.5. The number of hydrogen-bond acceptors (Lipinski definition) is 3. The van der Waals surface area contributed by atoms with Gasteiger partial charge in [-0.1, -0.05) is 48.0 Å². The molecule has 0 saturated carbocycles. The van der Waals surface area contributed by atoms with Crippen molar-refractivity contribution in [3.05, 3.63) is 65.2 Å². The van der Waals surface area contributed by atoms with Crippen molar-refractivity contribution in [2.75, 3.05) is 24.5 Å². The van der Waals surface area contributed by atoms with Crippen molar-refractivity contribution in [2.45, 2.75) is 25.4 Å². The fourth-order valence-corrected chi connectivity index (χ4v) is 4.22. The lowest BCUT2D eigenvalue weighted by Gasteiger charge is -2.19. The second-order valence-corrected chi connectivity index (χ2v) is 8.04. The standard InChI is InChI=1S/C22H24ClN3O2/c23-18-7-4-8-20(12-18)26-14-17(11-21(26)27)22(28)24-19-9-10-25(15-19)13-16-5-2-1-3-6-16/h1-8,12,17,19H,9-11,13-15H2,(H,24,28). The highest BCUT2D eigenvalue weighted by Gasteiger charge is 2.36. The molecule has 2 aromatic rings. The number of anilines is 1. The second-order valence-electron chi connectivity index (χ2n) is 7.60. The number of rotatable bonds is 5. The number of amides is 2. The predicted molar refractivity (Wildman–Crippen MR) is 110 cm³/mol. The van der Waals surface area contributed by atoms with Gasteiger partial charge >= 0.3 is 0 Å². The number of carbonyl (C=O) groups is 2. The predicted octanol–water partition coefficient (Wildman–Crippen LogP) is 3.08. The number of hydrogen-bond donors (Lipinski definition) is 1. The molecule has 28 heavy (non-hydrogen) atoms. The Balaban J connectivity index is 1.30. The summed E-state index contributed by atoms with van der Waals surface area (Å²) in [4.78, 5) is 29.1. The first-order chi connectivity index (χ1) is 13.6. The zero-order valence-electron chi connectivity index (χ0n) is 15.7. The average molecular weight is 398 g/mol. The van der Waals surface area contributed by atoms with E-state index in [0.29, 0.717) is 11.6 Å². The molecule has 2 heterocycles. The first-order valence-electron chi connectivity index (χ1n) is 9.71. The molecule has 146 valence electrons. The highest BCUT2D eigenvalue weighted by molar-refractivity contribution is 6.31. The third-order valence-electron chi connectivity index (χ3n) is 5.48. The second kappa shape index (κ2) is 8.33. The van der Waals surface area contributed by atoms with Gasteiger partial charge in [-0.2, -0.15) is 0 Å². The van der Waals surface area contributed by atoms with Gasteiger partial charge in [0.15, 0.2) is 0 Å². The molecule has 5 nitrogen and oxygen atoms in total. The van der Waals surface area contributed by atoms with E-state index in [9.17, 15) is 9.59 Å². The minimum absolute atomic E-state index is 0.0237. The van der Waals surface area contributed by atoms with Crippen molar-refractivity contribution in [1.82, 2.24) is 10.2 Å². The molecule has 0 bridgehead atoms. The summed E-state index contributed by atoms with van der Waals surface area (Å²) in [5.41, 5.74) is 2.04. The SMILES string of the molecule is O=C(NC1CCN(Cc2ccccc2)C1)C1CC(=O)N(c2cccc(Cl)c2)C1. The van der Waals surface area contributed by atoms with Crippen molar-refractivity contribution in [1.29, 1.82) is 0 Å². The van der Waals surface area contributed by atoms with Crippen LogP contribution in [-0.2, 0) is 16.1 Å². The maximum Gasteiger partial charge on any atom is 0.227 e. The van der Waals surface area contributed by atoms with Crippen LogP contribution in [0.4, 0.5) is 5.69 Å². The summed E-state index contributed by atoms with van der Waals surface area (Å²) in [6.45, 7) is 3.13. The van der Waals surface area contributed by atoms with E-state index >= 15 is 0 Å². The Morgan fingerprint density at radius 2 is 1.93 bits per heavy atom. The van der Waals surface area contributed by atoms with Crippen LogP contribution in [0.1, 0.15) is 18.4 Å². The molecule has 2 aromatic carbocycles. The van der Waals surface area contributed by atoms with Crippen LogP contribution < -0.4 is 10.2 Å². The summed E-state index contributed by atoms with van der Waals surface area (Å²) >= 11 is 6.03. The van der Waals surface area contributed by atoms with E-state index in [-0.39, 0.29) is 30.2 Å². The highest BCUT2D eigenvalue weighted by Crippen LogP contribution is 2.27. The van der Waals surface area contributed by atoms with E-state index in [1.807, 2.05) is 30.3 Å². The summed E-state index contributed by atoms with van der Waals surface area (Å²) in [6, 6.07) is 17.7. The van der Waals surface area contributed by atoms with Gasteiger partial charge in [-0.15, -0.1) is 0 Å². The fourth-order valence-electron chi connectivity index (χ4n) is 4.03.